The molecule has 0 saturated heterocycles. The summed E-state index contributed by atoms with van der Waals surface area (Å²) >= 11 is 3.43. The summed E-state index contributed by atoms with van der Waals surface area (Å²) in [6, 6.07) is 5.70. The lowest BCUT2D eigenvalue weighted by molar-refractivity contribution is 0.0732. The third-order valence-electron chi connectivity index (χ3n) is 4.68. The maximum Gasteiger partial charge on any atom is 0.292 e. The van der Waals surface area contributed by atoms with E-state index < -0.39 is 0 Å². The van der Waals surface area contributed by atoms with Gasteiger partial charge in [-0.1, -0.05) is 0 Å². The van der Waals surface area contributed by atoms with Crippen molar-refractivity contribution in [3.8, 4) is 0 Å². The second kappa shape index (κ2) is 5.37. The largest absolute Gasteiger partial charge is 0.360 e. The first-order valence-corrected chi connectivity index (χ1v) is 8.63. The minimum Gasteiger partial charge on any atom is -0.360 e. The number of hydrogen-bond donors (Lipinski definition) is 1. The number of pyridine rings is 1. The molecular formula is C17H18BrN5O. The van der Waals surface area contributed by atoms with Gasteiger partial charge < -0.3 is 4.98 Å². The number of rotatable bonds is 1. The molecule has 1 amide bonds. The highest BCUT2D eigenvalue weighted by atomic mass is 79.9. The lowest BCUT2D eigenvalue weighted by Gasteiger charge is -2.37. The van der Waals surface area contributed by atoms with E-state index in [4.69, 9.17) is 0 Å². The summed E-state index contributed by atoms with van der Waals surface area (Å²) in [6.45, 7) is 4.78. The molecule has 4 heterocycles. The number of hydrogen-bond acceptors (Lipinski definition) is 3. The molecule has 3 aromatic rings. The number of aromatic nitrogens is 3. The molecule has 3 aromatic heterocycles. The number of nitrogens with one attached hydrogen (secondary N) is 1. The molecule has 0 fully saturated rings. The molecule has 7 heteroatoms. The van der Waals surface area contributed by atoms with Gasteiger partial charge in [-0.2, -0.15) is 5.10 Å². The lowest BCUT2D eigenvalue weighted by atomic mass is 10.1. The number of fused-ring (bicyclic) bond motifs is 2. The average molecular weight is 388 g/mol. The molecule has 0 aromatic carbocycles. The molecule has 1 N–H and O–H groups in total. The van der Waals surface area contributed by atoms with Crippen molar-refractivity contribution in [2.24, 2.45) is 0 Å². The molecule has 0 saturated carbocycles. The SMILES string of the molecule is Cc1[nH]c2c(c1C)N(C)N(C(=O)c1cc3ccc(Br)cn3n1)CC2. The second-order valence-corrected chi connectivity index (χ2v) is 7.07. The topological polar surface area (TPSA) is 56.6 Å². The average Bonchev–Trinajstić information content (AvgIpc) is 3.09. The highest BCUT2D eigenvalue weighted by Crippen LogP contribution is 2.32. The van der Waals surface area contributed by atoms with Crippen molar-refractivity contribution >= 4 is 33.0 Å². The van der Waals surface area contributed by atoms with Crippen molar-refractivity contribution in [1.29, 1.82) is 0 Å². The van der Waals surface area contributed by atoms with E-state index in [2.05, 4.69) is 39.9 Å². The van der Waals surface area contributed by atoms with E-state index in [9.17, 15) is 4.79 Å². The Bertz CT molecular complexity index is 957. The highest BCUT2D eigenvalue weighted by molar-refractivity contribution is 9.10. The van der Waals surface area contributed by atoms with E-state index in [0.29, 0.717) is 12.2 Å². The van der Waals surface area contributed by atoms with Gasteiger partial charge >= 0.3 is 0 Å². The first-order valence-electron chi connectivity index (χ1n) is 7.84. The normalized spacial score (nSPS) is 14.3. The van der Waals surface area contributed by atoms with Crippen LogP contribution in [0.15, 0.2) is 28.9 Å². The van der Waals surface area contributed by atoms with E-state index in [1.165, 1.54) is 11.3 Å². The van der Waals surface area contributed by atoms with Gasteiger partial charge in [-0.05, 0) is 53.5 Å². The Hall–Kier alpha value is -2.28. The Labute approximate surface area is 148 Å². The van der Waals surface area contributed by atoms with Crippen molar-refractivity contribution in [2.45, 2.75) is 20.3 Å². The van der Waals surface area contributed by atoms with Crippen molar-refractivity contribution in [3.05, 3.63) is 51.5 Å². The van der Waals surface area contributed by atoms with Crippen LogP contribution in [-0.2, 0) is 6.42 Å². The Morgan fingerprint density at radius 2 is 2.12 bits per heavy atom. The molecule has 0 bridgehead atoms. The van der Waals surface area contributed by atoms with Crippen molar-refractivity contribution in [2.75, 3.05) is 18.6 Å². The monoisotopic (exact) mass is 387 g/mol. The number of hydrazine groups is 1. The quantitative estimate of drug-likeness (QED) is 0.697. The number of halogens is 1. The predicted molar refractivity (Wildman–Crippen MR) is 96.3 cm³/mol. The first kappa shape index (κ1) is 15.3. The maximum atomic E-state index is 13.0. The van der Waals surface area contributed by atoms with E-state index in [-0.39, 0.29) is 5.91 Å². The number of H-pyrrole nitrogens is 1. The molecule has 6 nitrogen and oxygen atoms in total. The van der Waals surface area contributed by atoms with Crippen molar-refractivity contribution in [3.63, 3.8) is 0 Å². The van der Waals surface area contributed by atoms with Crippen LogP contribution in [0.5, 0.6) is 0 Å². The zero-order valence-corrected chi connectivity index (χ0v) is 15.4. The van der Waals surface area contributed by atoms with Crippen LogP contribution in [0.1, 0.15) is 27.4 Å². The minimum absolute atomic E-state index is 0.0822. The van der Waals surface area contributed by atoms with E-state index in [1.54, 1.807) is 9.52 Å². The van der Waals surface area contributed by atoms with Crippen molar-refractivity contribution < 1.29 is 4.79 Å². The summed E-state index contributed by atoms with van der Waals surface area (Å²) in [5.74, 6) is -0.0822. The van der Waals surface area contributed by atoms with Gasteiger partial charge in [0.15, 0.2) is 5.69 Å². The summed E-state index contributed by atoms with van der Waals surface area (Å²) < 4.78 is 2.65. The molecule has 0 radical (unpaired) electrons. The van der Waals surface area contributed by atoms with Gasteiger partial charge in [-0.3, -0.25) is 9.80 Å². The molecule has 0 unspecified atom stereocenters. The van der Waals surface area contributed by atoms with Crippen LogP contribution >= 0.6 is 15.9 Å². The van der Waals surface area contributed by atoms with Gasteiger partial charge in [-0.25, -0.2) is 9.52 Å². The summed E-state index contributed by atoms with van der Waals surface area (Å²) in [5, 5.41) is 8.14. The summed E-state index contributed by atoms with van der Waals surface area (Å²) in [5.41, 5.74) is 5.97. The van der Waals surface area contributed by atoms with E-state index in [1.807, 2.05) is 36.5 Å². The molecule has 24 heavy (non-hydrogen) atoms. The summed E-state index contributed by atoms with van der Waals surface area (Å²) in [4.78, 5) is 16.4. The number of amides is 1. The Balaban J connectivity index is 1.70. The predicted octanol–water partition coefficient (Wildman–Crippen LogP) is 3.09. The fraction of sp³-hybridized carbons (Fsp3) is 0.294. The molecule has 0 atom stereocenters. The molecule has 0 aliphatic carbocycles. The molecular weight excluding hydrogens is 370 g/mol. The number of carbonyl (C=O) groups excluding carboxylic acids is 1. The summed E-state index contributed by atoms with van der Waals surface area (Å²) in [6.07, 6.45) is 2.67. The molecule has 124 valence electrons. The van der Waals surface area contributed by atoms with Crippen LogP contribution in [0.3, 0.4) is 0 Å². The van der Waals surface area contributed by atoms with Crippen LogP contribution in [0.2, 0.25) is 0 Å². The lowest BCUT2D eigenvalue weighted by Crippen LogP contribution is -2.48. The number of carbonyl (C=O) groups is 1. The third kappa shape index (κ3) is 2.23. The molecule has 1 aliphatic heterocycles. The van der Waals surface area contributed by atoms with Crippen LogP contribution in [0.4, 0.5) is 5.69 Å². The first-order chi connectivity index (χ1) is 11.5. The number of anilines is 1. The maximum absolute atomic E-state index is 13.0. The fourth-order valence-electron chi connectivity index (χ4n) is 3.33. The number of aryl methyl sites for hydroxylation is 1. The molecule has 0 spiro atoms. The van der Waals surface area contributed by atoms with Gasteiger partial charge in [-0.15, -0.1) is 0 Å². The molecule has 4 rings (SSSR count). The smallest absolute Gasteiger partial charge is 0.292 e. The fourth-order valence-corrected chi connectivity index (χ4v) is 3.65. The van der Waals surface area contributed by atoms with Gasteiger partial charge in [0.25, 0.3) is 5.91 Å². The Morgan fingerprint density at radius 3 is 2.92 bits per heavy atom. The van der Waals surface area contributed by atoms with Gasteiger partial charge in [0.1, 0.15) is 0 Å². The van der Waals surface area contributed by atoms with Gasteiger partial charge in [0, 0.05) is 42.1 Å². The standard InChI is InChI=1S/C17H18BrN5O/c1-10-11(2)19-14-6-7-23(21(3)16(10)14)17(24)15-8-13-5-4-12(18)9-22(13)20-15/h4-5,8-9,19H,6-7H2,1-3H3. The zero-order valence-electron chi connectivity index (χ0n) is 13.8. The van der Waals surface area contributed by atoms with Crippen molar-refractivity contribution in [1.82, 2.24) is 19.6 Å². The van der Waals surface area contributed by atoms with E-state index in [0.717, 1.165) is 27.8 Å². The van der Waals surface area contributed by atoms with Gasteiger partial charge in [0.05, 0.1) is 11.2 Å². The Morgan fingerprint density at radius 1 is 1.33 bits per heavy atom. The van der Waals surface area contributed by atoms with Crippen LogP contribution < -0.4 is 5.01 Å². The number of nitrogens with zero attached hydrogens (tertiary/aromatic N) is 4. The highest BCUT2D eigenvalue weighted by Gasteiger charge is 2.30. The zero-order chi connectivity index (χ0) is 17.0. The van der Waals surface area contributed by atoms with Crippen LogP contribution in [0, 0.1) is 13.8 Å². The second-order valence-electron chi connectivity index (χ2n) is 6.15. The molecule has 1 aliphatic rings. The van der Waals surface area contributed by atoms with Crippen LogP contribution in [0.25, 0.3) is 5.52 Å². The number of aromatic amines is 1. The third-order valence-corrected chi connectivity index (χ3v) is 5.15. The summed E-state index contributed by atoms with van der Waals surface area (Å²) in [7, 11) is 1.93. The Kier molecular flexibility index (Phi) is 3.42. The van der Waals surface area contributed by atoms with Gasteiger partial charge in [0.2, 0.25) is 0 Å². The van der Waals surface area contributed by atoms with Crippen LogP contribution in [-0.4, -0.2) is 39.1 Å². The minimum atomic E-state index is -0.0822. The van der Waals surface area contributed by atoms with E-state index >= 15 is 0 Å².